The quantitative estimate of drug-likeness (QED) is 0.693. The number of hydrogen-bond donors (Lipinski definition) is 0. The Morgan fingerprint density at radius 2 is 1.87 bits per heavy atom. The van der Waals surface area contributed by atoms with Gasteiger partial charge < -0.3 is 14.5 Å². The SMILES string of the molecule is CCCCN1CC(C(=O)N2CCC(C(=O)OCC)CC2)CC1=O. The molecule has 0 aromatic rings. The molecule has 2 amide bonds. The highest BCUT2D eigenvalue weighted by Crippen LogP contribution is 2.24. The minimum Gasteiger partial charge on any atom is -0.466 e. The van der Waals surface area contributed by atoms with Crippen LogP contribution < -0.4 is 0 Å². The van der Waals surface area contributed by atoms with E-state index >= 15 is 0 Å². The van der Waals surface area contributed by atoms with E-state index in [4.69, 9.17) is 4.74 Å². The molecule has 0 bridgehead atoms. The molecule has 2 aliphatic heterocycles. The van der Waals surface area contributed by atoms with Gasteiger partial charge >= 0.3 is 5.97 Å². The number of carbonyl (C=O) groups excluding carboxylic acids is 3. The number of amides is 2. The van der Waals surface area contributed by atoms with Gasteiger partial charge in [-0.15, -0.1) is 0 Å². The molecule has 6 heteroatoms. The van der Waals surface area contributed by atoms with Gasteiger partial charge in [-0.05, 0) is 26.2 Å². The second-order valence-electron chi connectivity index (χ2n) is 6.45. The van der Waals surface area contributed by atoms with E-state index in [1.54, 1.807) is 6.92 Å². The van der Waals surface area contributed by atoms with Crippen molar-refractivity contribution >= 4 is 17.8 Å². The van der Waals surface area contributed by atoms with Crippen molar-refractivity contribution in [1.29, 1.82) is 0 Å². The lowest BCUT2D eigenvalue weighted by molar-refractivity contribution is -0.151. The van der Waals surface area contributed by atoms with Gasteiger partial charge in [0.25, 0.3) is 0 Å². The molecule has 0 radical (unpaired) electrons. The highest BCUT2D eigenvalue weighted by atomic mass is 16.5. The lowest BCUT2D eigenvalue weighted by atomic mass is 9.95. The van der Waals surface area contributed by atoms with E-state index in [0.717, 1.165) is 19.4 Å². The van der Waals surface area contributed by atoms with Gasteiger partial charge in [0.1, 0.15) is 0 Å². The molecule has 1 unspecified atom stereocenters. The predicted octanol–water partition coefficient (Wildman–Crippen LogP) is 1.44. The van der Waals surface area contributed by atoms with Crippen LogP contribution in [0, 0.1) is 11.8 Å². The minimum absolute atomic E-state index is 0.0691. The number of rotatable bonds is 6. The Labute approximate surface area is 138 Å². The average molecular weight is 324 g/mol. The first-order valence-corrected chi connectivity index (χ1v) is 8.80. The molecular formula is C17H28N2O4. The fraction of sp³-hybridized carbons (Fsp3) is 0.824. The maximum Gasteiger partial charge on any atom is 0.309 e. The summed E-state index contributed by atoms with van der Waals surface area (Å²) >= 11 is 0. The van der Waals surface area contributed by atoms with Crippen molar-refractivity contribution in [3.63, 3.8) is 0 Å². The van der Waals surface area contributed by atoms with Crippen LogP contribution in [-0.4, -0.2) is 60.4 Å². The highest BCUT2D eigenvalue weighted by Gasteiger charge is 2.37. The third-order valence-corrected chi connectivity index (χ3v) is 4.77. The maximum absolute atomic E-state index is 12.6. The normalized spacial score (nSPS) is 22.5. The van der Waals surface area contributed by atoms with Crippen LogP contribution in [0.3, 0.4) is 0 Å². The third-order valence-electron chi connectivity index (χ3n) is 4.77. The van der Waals surface area contributed by atoms with Crippen molar-refractivity contribution in [2.75, 3.05) is 32.8 Å². The molecule has 0 aromatic heterocycles. The summed E-state index contributed by atoms with van der Waals surface area (Å²) in [6.45, 7) is 6.77. The molecule has 0 spiro atoms. The number of unbranched alkanes of at least 4 members (excludes halogenated alkanes) is 1. The molecule has 2 heterocycles. The Kier molecular flexibility index (Phi) is 6.42. The molecule has 0 N–H and O–H groups in total. The molecule has 2 rings (SSSR count). The first-order chi connectivity index (χ1) is 11.1. The molecule has 2 fully saturated rings. The number of carbonyl (C=O) groups is 3. The van der Waals surface area contributed by atoms with E-state index in [0.29, 0.717) is 45.5 Å². The molecule has 6 nitrogen and oxygen atoms in total. The fourth-order valence-corrected chi connectivity index (χ4v) is 3.36. The molecule has 2 aliphatic rings. The molecule has 2 saturated heterocycles. The largest absolute Gasteiger partial charge is 0.466 e. The molecule has 0 saturated carbocycles. The van der Waals surface area contributed by atoms with Crippen LogP contribution in [0.15, 0.2) is 0 Å². The van der Waals surface area contributed by atoms with E-state index in [-0.39, 0.29) is 29.6 Å². The zero-order valence-corrected chi connectivity index (χ0v) is 14.3. The van der Waals surface area contributed by atoms with Crippen LogP contribution in [0.2, 0.25) is 0 Å². The summed E-state index contributed by atoms with van der Waals surface area (Å²) in [5, 5.41) is 0. The van der Waals surface area contributed by atoms with Gasteiger partial charge in [-0.2, -0.15) is 0 Å². The number of hydrogen-bond acceptors (Lipinski definition) is 4. The predicted molar refractivity (Wildman–Crippen MR) is 85.5 cm³/mol. The van der Waals surface area contributed by atoms with Crippen LogP contribution >= 0.6 is 0 Å². The first-order valence-electron chi connectivity index (χ1n) is 8.80. The van der Waals surface area contributed by atoms with Crippen molar-refractivity contribution in [2.45, 2.75) is 46.0 Å². The Hall–Kier alpha value is -1.59. The van der Waals surface area contributed by atoms with E-state index < -0.39 is 0 Å². The lowest BCUT2D eigenvalue weighted by Crippen LogP contribution is -2.44. The molecule has 1 atom stereocenters. The summed E-state index contributed by atoms with van der Waals surface area (Å²) in [6.07, 6.45) is 3.68. The second kappa shape index (κ2) is 8.31. The van der Waals surface area contributed by atoms with Crippen LogP contribution in [0.5, 0.6) is 0 Å². The molecule has 0 aliphatic carbocycles. The van der Waals surface area contributed by atoms with Crippen LogP contribution in [-0.2, 0) is 19.1 Å². The Balaban J connectivity index is 1.81. The summed E-state index contributed by atoms with van der Waals surface area (Å²) in [4.78, 5) is 40.0. The van der Waals surface area contributed by atoms with Gasteiger partial charge in [0.15, 0.2) is 0 Å². The van der Waals surface area contributed by atoms with Crippen molar-refractivity contribution in [3.8, 4) is 0 Å². The van der Waals surface area contributed by atoms with Gasteiger partial charge in [0.2, 0.25) is 11.8 Å². The summed E-state index contributed by atoms with van der Waals surface area (Å²) < 4.78 is 5.05. The Bertz CT molecular complexity index is 444. The van der Waals surface area contributed by atoms with Crippen LogP contribution in [0.1, 0.15) is 46.0 Å². The first kappa shape index (κ1) is 17.8. The number of likely N-dealkylation sites (tertiary alicyclic amines) is 2. The lowest BCUT2D eigenvalue weighted by Gasteiger charge is -2.32. The van der Waals surface area contributed by atoms with Crippen molar-refractivity contribution in [2.24, 2.45) is 11.8 Å². The summed E-state index contributed by atoms with van der Waals surface area (Å²) in [6, 6.07) is 0. The molecular weight excluding hydrogens is 296 g/mol. The molecule has 130 valence electrons. The van der Waals surface area contributed by atoms with Crippen LogP contribution in [0.25, 0.3) is 0 Å². The third kappa shape index (κ3) is 4.45. The second-order valence-corrected chi connectivity index (χ2v) is 6.45. The highest BCUT2D eigenvalue weighted by molar-refractivity contribution is 5.89. The van der Waals surface area contributed by atoms with E-state index in [1.807, 2.05) is 9.80 Å². The van der Waals surface area contributed by atoms with E-state index in [9.17, 15) is 14.4 Å². The minimum atomic E-state index is -0.210. The molecule has 0 aromatic carbocycles. The maximum atomic E-state index is 12.6. The smallest absolute Gasteiger partial charge is 0.309 e. The van der Waals surface area contributed by atoms with Gasteiger partial charge in [-0.25, -0.2) is 0 Å². The zero-order valence-electron chi connectivity index (χ0n) is 14.3. The van der Waals surface area contributed by atoms with Crippen molar-refractivity contribution < 1.29 is 19.1 Å². The number of piperidine rings is 1. The summed E-state index contributed by atoms with van der Waals surface area (Å²) in [5.41, 5.74) is 0. The van der Waals surface area contributed by atoms with Crippen molar-refractivity contribution in [1.82, 2.24) is 9.80 Å². The summed E-state index contributed by atoms with van der Waals surface area (Å²) in [7, 11) is 0. The van der Waals surface area contributed by atoms with Gasteiger partial charge in [-0.3, -0.25) is 14.4 Å². The fourth-order valence-electron chi connectivity index (χ4n) is 3.36. The van der Waals surface area contributed by atoms with E-state index in [1.165, 1.54) is 0 Å². The standard InChI is InChI=1S/C17H28N2O4/c1-3-5-8-19-12-14(11-15(19)20)16(21)18-9-6-13(7-10-18)17(22)23-4-2/h13-14H,3-12H2,1-2H3. The number of esters is 1. The van der Waals surface area contributed by atoms with E-state index in [2.05, 4.69) is 6.92 Å². The van der Waals surface area contributed by atoms with Gasteiger partial charge in [-0.1, -0.05) is 13.3 Å². The van der Waals surface area contributed by atoms with Crippen LogP contribution in [0.4, 0.5) is 0 Å². The number of ether oxygens (including phenoxy) is 1. The van der Waals surface area contributed by atoms with Gasteiger partial charge in [0.05, 0.1) is 18.4 Å². The average Bonchev–Trinajstić information content (AvgIpc) is 2.93. The molecule has 23 heavy (non-hydrogen) atoms. The van der Waals surface area contributed by atoms with Crippen molar-refractivity contribution in [3.05, 3.63) is 0 Å². The van der Waals surface area contributed by atoms with Gasteiger partial charge in [0, 0.05) is 32.6 Å². The Morgan fingerprint density at radius 1 is 1.17 bits per heavy atom. The number of nitrogens with zero attached hydrogens (tertiary/aromatic N) is 2. The Morgan fingerprint density at radius 3 is 2.48 bits per heavy atom. The monoisotopic (exact) mass is 324 g/mol. The zero-order chi connectivity index (χ0) is 16.8. The summed E-state index contributed by atoms with van der Waals surface area (Å²) in [5.74, 6) is -0.289. The topological polar surface area (TPSA) is 66.9 Å².